The van der Waals surface area contributed by atoms with E-state index in [0.29, 0.717) is 23.7 Å². The Hall–Kier alpha value is -2.25. The summed E-state index contributed by atoms with van der Waals surface area (Å²) in [5, 5.41) is 12.2. The lowest BCUT2D eigenvalue weighted by atomic mass is 9.50. The van der Waals surface area contributed by atoms with Gasteiger partial charge in [-0.05, 0) is 63.4 Å². The molecule has 4 atom stereocenters. The van der Waals surface area contributed by atoms with Gasteiger partial charge in [-0.15, -0.1) is 0 Å². The quantitative estimate of drug-likeness (QED) is 0.784. The van der Waals surface area contributed by atoms with Gasteiger partial charge in [0.05, 0.1) is 18.1 Å². The molecule has 2 fully saturated rings. The first kappa shape index (κ1) is 19.4. The largest absolute Gasteiger partial charge is 0.493 e. The Bertz CT molecular complexity index is 971. The summed E-state index contributed by atoms with van der Waals surface area (Å²) in [6.45, 7) is 2.33. The van der Waals surface area contributed by atoms with E-state index in [1.165, 1.54) is 5.56 Å². The fourth-order valence-electron chi connectivity index (χ4n) is 6.83. The van der Waals surface area contributed by atoms with Gasteiger partial charge in [-0.3, -0.25) is 0 Å². The molecular formula is C24H30N2O5. The molecule has 1 aromatic rings. The van der Waals surface area contributed by atoms with Crippen LogP contribution in [-0.4, -0.2) is 72.5 Å². The fraction of sp³-hybridized carbons (Fsp3) is 0.625. The van der Waals surface area contributed by atoms with Crippen LogP contribution in [0.25, 0.3) is 0 Å². The molecule has 5 aliphatic rings. The molecule has 6 rings (SSSR count). The second kappa shape index (κ2) is 6.62. The van der Waals surface area contributed by atoms with E-state index in [2.05, 4.69) is 18.0 Å². The maximum absolute atomic E-state index is 12.9. The summed E-state index contributed by atoms with van der Waals surface area (Å²) in [5.41, 5.74) is 0.649. The Balaban J connectivity index is 1.45. The van der Waals surface area contributed by atoms with Crippen LogP contribution in [0.2, 0.25) is 0 Å². The molecule has 2 bridgehead atoms. The number of carbonyl (C=O) groups excluding carboxylic acids is 1. The lowest BCUT2D eigenvalue weighted by molar-refractivity contribution is -0.163. The normalized spacial score (nSPS) is 35.7. The van der Waals surface area contributed by atoms with Gasteiger partial charge in [0, 0.05) is 31.1 Å². The molecule has 2 aliphatic carbocycles. The lowest BCUT2D eigenvalue weighted by Gasteiger charge is -2.61. The highest BCUT2D eigenvalue weighted by atomic mass is 16.6. The van der Waals surface area contributed by atoms with Gasteiger partial charge in [0.25, 0.3) is 0 Å². The minimum atomic E-state index is -0.976. The number of methoxy groups -OCH3 is 1. The van der Waals surface area contributed by atoms with Gasteiger partial charge in [-0.2, -0.15) is 0 Å². The van der Waals surface area contributed by atoms with Gasteiger partial charge in [0.1, 0.15) is 5.76 Å². The van der Waals surface area contributed by atoms with E-state index in [0.717, 1.165) is 57.3 Å². The first-order chi connectivity index (χ1) is 15.0. The summed E-state index contributed by atoms with van der Waals surface area (Å²) in [7, 11) is 3.73. The van der Waals surface area contributed by atoms with E-state index in [1.807, 2.05) is 12.1 Å². The van der Waals surface area contributed by atoms with Crippen molar-refractivity contribution in [3.63, 3.8) is 0 Å². The van der Waals surface area contributed by atoms with E-state index < -0.39 is 17.1 Å². The van der Waals surface area contributed by atoms with Gasteiger partial charge < -0.3 is 29.1 Å². The third kappa shape index (κ3) is 2.39. The number of nitrogens with zero attached hydrogens (tertiary/aromatic N) is 2. The van der Waals surface area contributed by atoms with Gasteiger partial charge in [-0.1, -0.05) is 6.07 Å². The standard InChI is InChI=1S/C24H30N2O5/c1-25-13-10-23-19-15-6-7-16(29-2)20(19)31-21(23)17(8-9-24(23,28)18(25)14-15)30-22(27)26-11-4-3-5-12-26/h6-8,18,21,28H,3-5,9-14H2,1-2H3. The highest BCUT2D eigenvalue weighted by molar-refractivity contribution is 5.70. The van der Waals surface area contributed by atoms with Crippen molar-refractivity contribution in [3.05, 3.63) is 35.1 Å². The van der Waals surface area contributed by atoms with Crippen molar-refractivity contribution in [2.45, 2.75) is 61.7 Å². The highest BCUT2D eigenvalue weighted by Gasteiger charge is 2.72. The summed E-state index contributed by atoms with van der Waals surface area (Å²) in [6.07, 6.45) is 6.19. The average molecular weight is 427 g/mol. The number of benzene rings is 1. The number of carbonyl (C=O) groups is 1. The summed E-state index contributed by atoms with van der Waals surface area (Å²) in [4.78, 5) is 17.0. The number of ether oxygens (including phenoxy) is 3. The Morgan fingerprint density at radius 2 is 2.03 bits per heavy atom. The van der Waals surface area contributed by atoms with Gasteiger partial charge >= 0.3 is 6.09 Å². The Labute approximate surface area is 182 Å². The van der Waals surface area contributed by atoms with Crippen LogP contribution in [-0.2, 0) is 16.6 Å². The smallest absolute Gasteiger partial charge is 0.415 e. The first-order valence-corrected chi connectivity index (χ1v) is 11.5. The maximum Gasteiger partial charge on any atom is 0.415 e. The number of likely N-dealkylation sites (tertiary alicyclic amines) is 2. The number of hydrogen-bond acceptors (Lipinski definition) is 6. The van der Waals surface area contributed by atoms with Crippen LogP contribution in [0.4, 0.5) is 4.79 Å². The molecule has 2 saturated heterocycles. The monoisotopic (exact) mass is 426 g/mol. The maximum atomic E-state index is 12.9. The van der Waals surface area contributed by atoms with Crippen molar-refractivity contribution in [2.24, 2.45) is 0 Å². The van der Waals surface area contributed by atoms with Crippen molar-refractivity contribution in [3.8, 4) is 11.5 Å². The van der Waals surface area contributed by atoms with Crippen LogP contribution >= 0.6 is 0 Å². The molecule has 1 spiro atoms. The minimum Gasteiger partial charge on any atom is -0.493 e. The van der Waals surface area contributed by atoms with Crippen LogP contribution in [0.5, 0.6) is 11.5 Å². The third-order valence-electron chi connectivity index (χ3n) is 8.38. The SMILES string of the molecule is COc1ccc2c3c1OC1C(OC(=O)N4CCCCC4)=CCC4(O)C(C2)N(C)CCC314. The predicted octanol–water partition coefficient (Wildman–Crippen LogP) is 2.60. The zero-order valence-electron chi connectivity index (χ0n) is 18.2. The van der Waals surface area contributed by atoms with Crippen molar-refractivity contribution in [1.82, 2.24) is 9.80 Å². The molecular weight excluding hydrogens is 396 g/mol. The number of hydrogen-bond donors (Lipinski definition) is 1. The van der Waals surface area contributed by atoms with Crippen LogP contribution in [0.1, 0.15) is 43.2 Å². The van der Waals surface area contributed by atoms with Crippen molar-refractivity contribution in [2.75, 3.05) is 33.8 Å². The van der Waals surface area contributed by atoms with Crippen LogP contribution in [0.15, 0.2) is 24.0 Å². The van der Waals surface area contributed by atoms with Crippen molar-refractivity contribution in [1.29, 1.82) is 0 Å². The molecule has 1 N–H and O–H groups in total. The number of aliphatic hydroxyl groups is 1. The molecule has 166 valence electrons. The van der Waals surface area contributed by atoms with E-state index in [1.54, 1.807) is 12.0 Å². The zero-order chi connectivity index (χ0) is 21.4. The second-order valence-corrected chi connectivity index (χ2v) is 9.70. The first-order valence-electron chi connectivity index (χ1n) is 11.5. The number of rotatable bonds is 2. The number of likely N-dealkylation sites (N-methyl/N-ethyl adjacent to an activating group) is 1. The predicted molar refractivity (Wildman–Crippen MR) is 113 cm³/mol. The summed E-state index contributed by atoms with van der Waals surface area (Å²) >= 11 is 0. The lowest BCUT2D eigenvalue weighted by Crippen LogP contribution is -2.74. The topological polar surface area (TPSA) is 71.5 Å². The minimum absolute atomic E-state index is 0.00482. The molecule has 7 heteroatoms. The van der Waals surface area contributed by atoms with Crippen LogP contribution in [0, 0.1) is 0 Å². The second-order valence-electron chi connectivity index (χ2n) is 9.70. The zero-order valence-corrected chi connectivity index (χ0v) is 18.2. The fourth-order valence-corrected chi connectivity index (χ4v) is 6.83. The highest BCUT2D eigenvalue weighted by Crippen LogP contribution is 2.65. The molecule has 3 heterocycles. The van der Waals surface area contributed by atoms with Crippen molar-refractivity contribution >= 4 is 6.09 Å². The van der Waals surface area contributed by atoms with E-state index >= 15 is 0 Å². The molecule has 3 aliphatic heterocycles. The summed E-state index contributed by atoms with van der Waals surface area (Å²) in [6, 6.07) is 4.05. The third-order valence-corrected chi connectivity index (χ3v) is 8.38. The van der Waals surface area contributed by atoms with Gasteiger partial charge in [-0.25, -0.2) is 4.79 Å². The molecule has 7 nitrogen and oxygen atoms in total. The average Bonchev–Trinajstić information content (AvgIpc) is 3.14. The molecule has 0 radical (unpaired) electrons. The molecule has 4 unspecified atom stereocenters. The molecule has 31 heavy (non-hydrogen) atoms. The van der Waals surface area contributed by atoms with Crippen molar-refractivity contribution < 1.29 is 24.1 Å². The Kier molecular flexibility index (Phi) is 4.15. The molecule has 1 aromatic carbocycles. The van der Waals surface area contributed by atoms with E-state index in [4.69, 9.17) is 14.2 Å². The van der Waals surface area contributed by atoms with Crippen LogP contribution < -0.4 is 9.47 Å². The van der Waals surface area contributed by atoms with Gasteiger partial charge in [0.2, 0.25) is 0 Å². The molecule has 0 aromatic heterocycles. The number of amides is 1. The van der Waals surface area contributed by atoms with Crippen LogP contribution in [0.3, 0.4) is 0 Å². The molecule has 1 amide bonds. The summed E-state index contributed by atoms with van der Waals surface area (Å²) in [5.74, 6) is 1.91. The Morgan fingerprint density at radius 1 is 1.23 bits per heavy atom. The van der Waals surface area contributed by atoms with E-state index in [9.17, 15) is 9.90 Å². The number of piperidine rings is 2. The Morgan fingerprint density at radius 3 is 2.81 bits per heavy atom. The molecule has 0 saturated carbocycles. The van der Waals surface area contributed by atoms with Gasteiger partial charge in [0.15, 0.2) is 17.6 Å². The summed E-state index contributed by atoms with van der Waals surface area (Å²) < 4.78 is 18.1. The van der Waals surface area contributed by atoms with E-state index in [-0.39, 0.29) is 12.1 Å².